The van der Waals surface area contributed by atoms with Crippen molar-refractivity contribution in [3.05, 3.63) is 0 Å². The van der Waals surface area contributed by atoms with Crippen LogP contribution < -0.4 is 5.73 Å². The van der Waals surface area contributed by atoms with Gasteiger partial charge in [-0.2, -0.15) is 0 Å². The van der Waals surface area contributed by atoms with Gasteiger partial charge < -0.3 is 15.7 Å². The lowest BCUT2D eigenvalue weighted by Crippen LogP contribution is -2.42. The zero-order valence-electron chi connectivity index (χ0n) is 12.0. The average Bonchev–Trinajstić information content (AvgIpc) is 2.81. The van der Waals surface area contributed by atoms with Crippen LogP contribution >= 0.6 is 0 Å². The highest BCUT2D eigenvalue weighted by Gasteiger charge is 2.36. The minimum atomic E-state index is -0.386. The first-order valence-corrected chi connectivity index (χ1v) is 7.67. The highest BCUT2D eigenvalue weighted by Crippen LogP contribution is 2.46. The highest BCUT2D eigenvalue weighted by molar-refractivity contribution is 4.89. The third-order valence-corrected chi connectivity index (χ3v) is 5.16. The molecule has 1 aliphatic heterocycles. The highest BCUT2D eigenvalue weighted by atomic mass is 16.3. The molecule has 0 aromatic carbocycles. The summed E-state index contributed by atoms with van der Waals surface area (Å²) in [4.78, 5) is 2.59. The molecule has 3 N–H and O–H groups in total. The molecule has 0 aromatic rings. The Hall–Kier alpha value is -0.120. The van der Waals surface area contributed by atoms with Gasteiger partial charge in [-0.25, -0.2) is 0 Å². The maximum atomic E-state index is 9.13. The SMILES string of the molecule is CC(N)(CO)CCCN1CCC2(CCCC2)CC1. The topological polar surface area (TPSA) is 49.5 Å². The van der Waals surface area contributed by atoms with Gasteiger partial charge in [-0.05, 0) is 70.5 Å². The predicted molar refractivity (Wildman–Crippen MR) is 75.5 cm³/mol. The van der Waals surface area contributed by atoms with Gasteiger partial charge in [0.1, 0.15) is 0 Å². The summed E-state index contributed by atoms with van der Waals surface area (Å²) in [7, 11) is 0. The van der Waals surface area contributed by atoms with Gasteiger partial charge in [-0.3, -0.25) is 0 Å². The minimum Gasteiger partial charge on any atom is -0.394 e. The average molecular weight is 254 g/mol. The fourth-order valence-electron chi connectivity index (χ4n) is 3.66. The van der Waals surface area contributed by atoms with Gasteiger partial charge in [0.2, 0.25) is 0 Å². The second kappa shape index (κ2) is 5.89. The number of likely N-dealkylation sites (tertiary alicyclic amines) is 1. The van der Waals surface area contributed by atoms with E-state index in [-0.39, 0.29) is 12.1 Å². The second-order valence-electron chi connectivity index (χ2n) is 6.96. The van der Waals surface area contributed by atoms with E-state index in [1.807, 2.05) is 6.92 Å². The monoisotopic (exact) mass is 254 g/mol. The van der Waals surface area contributed by atoms with Crippen LogP contribution in [0.15, 0.2) is 0 Å². The molecule has 2 aliphatic rings. The Morgan fingerprint density at radius 1 is 1.17 bits per heavy atom. The van der Waals surface area contributed by atoms with Crippen molar-refractivity contribution in [3.8, 4) is 0 Å². The van der Waals surface area contributed by atoms with E-state index in [0.29, 0.717) is 0 Å². The van der Waals surface area contributed by atoms with E-state index in [1.54, 1.807) is 0 Å². The number of rotatable bonds is 5. The summed E-state index contributed by atoms with van der Waals surface area (Å²) >= 11 is 0. The molecular formula is C15H30N2O. The largest absolute Gasteiger partial charge is 0.394 e. The summed E-state index contributed by atoms with van der Waals surface area (Å²) < 4.78 is 0. The zero-order valence-corrected chi connectivity index (χ0v) is 12.0. The first kappa shape index (κ1) is 14.3. The molecule has 1 heterocycles. The molecule has 0 bridgehead atoms. The summed E-state index contributed by atoms with van der Waals surface area (Å²) in [5.74, 6) is 0. The molecule has 1 spiro atoms. The molecule has 1 saturated carbocycles. The normalized spacial score (nSPS) is 27.5. The molecule has 1 atom stereocenters. The van der Waals surface area contributed by atoms with Crippen molar-refractivity contribution in [2.75, 3.05) is 26.2 Å². The Labute approximate surface area is 112 Å². The van der Waals surface area contributed by atoms with Crippen LogP contribution in [-0.4, -0.2) is 41.8 Å². The lowest BCUT2D eigenvalue weighted by molar-refractivity contribution is 0.104. The number of hydrogen-bond donors (Lipinski definition) is 2. The minimum absolute atomic E-state index is 0.0934. The summed E-state index contributed by atoms with van der Waals surface area (Å²) in [5.41, 5.74) is 6.30. The predicted octanol–water partition coefficient (Wildman–Crippen LogP) is 2.13. The molecule has 0 amide bonds. The van der Waals surface area contributed by atoms with E-state index in [4.69, 9.17) is 10.8 Å². The molecule has 3 heteroatoms. The summed E-state index contributed by atoms with van der Waals surface area (Å²) in [6.45, 7) is 5.75. The number of aliphatic hydroxyl groups is 1. The van der Waals surface area contributed by atoms with Gasteiger partial charge in [0.15, 0.2) is 0 Å². The van der Waals surface area contributed by atoms with Crippen molar-refractivity contribution in [2.45, 2.75) is 63.8 Å². The Bertz CT molecular complexity index is 249. The number of piperidine rings is 1. The van der Waals surface area contributed by atoms with Gasteiger partial charge in [0, 0.05) is 5.54 Å². The van der Waals surface area contributed by atoms with Crippen molar-refractivity contribution in [1.82, 2.24) is 4.90 Å². The number of nitrogens with zero attached hydrogens (tertiary/aromatic N) is 1. The Morgan fingerprint density at radius 3 is 2.33 bits per heavy atom. The smallest absolute Gasteiger partial charge is 0.0608 e. The van der Waals surface area contributed by atoms with Crippen LogP contribution in [0.1, 0.15) is 58.3 Å². The molecule has 3 nitrogen and oxygen atoms in total. The van der Waals surface area contributed by atoms with Gasteiger partial charge in [-0.1, -0.05) is 12.8 Å². The molecule has 1 unspecified atom stereocenters. The fraction of sp³-hybridized carbons (Fsp3) is 1.00. The van der Waals surface area contributed by atoms with Crippen LogP contribution in [0.25, 0.3) is 0 Å². The molecule has 1 saturated heterocycles. The molecule has 2 rings (SSSR count). The quantitative estimate of drug-likeness (QED) is 0.790. The maximum Gasteiger partial charge on any atom is 0.0608 e. The van der Waals surface area contributed by atoms with Crippen LogP contribution in [-0.2, 0) is 0 Å². The van der Waals surface area contributed by atoms with E-state index in [1.165, 1.54) is 51.6 Å². The van der Waals surface area contributed by atoms with E-state index in [0.717, 1.165) is 24.8 Å². The molecule has 18 heavy (non-hydrogen) atoms. The van der Waals surface area contributed by atoms with E-state index in [9.17, 15) is 0 Å². The first-order chi connectivity index (χ1) is 8.55. The number of nitrogens with two attached hydrogens (primary N) is 1. The van der Waals surface area contributed by atoms with Crippen molar-refractivity contribution in [1.29, 1.82) is 0 Å². The molecule has 2 fully saturated rings. The standard InChI is InChI=1S/C15H30N2O/c1-14(16,13-18)5-4-10-17-11-8-15(9-12-17)6-2-3-7-15/h18H,2-13,16H2,1H3. The Morgan fingerprint density at radius 2 is 1.78 bits per heavy atom. The molecular weight excluding hydrogens is 224 g/mol. The van der Waals surface area contributed by atoms with Crippen LogP contribution in [0.4, 0.5) is 0 Å². The summed E-state index contributed by atoms with van der Waals surface area (Å²) in [5, 5.41) is 9.13. The summed E-state index contributed by atoms with van der Waals surface area (Å²) in [6.07, 6.45) is 10.7. The lowest BCUT2D eigenvalue weighted by atomic mass is 9.77. The number of aliphatic hydroxyl groups excluding tert-OH is 1. The summed E-state index contributed by atoms with van der Waals surface area (Å²) in [6, 6.07) is 0. The third-order valence-electron chi connectivity index (χ3n) is 5.16. The van der Waals surface area contributed by atoms with Gasteiger partial charge in [-0.15, -0.1) is 0 Å². The van der Waals surface area contributed by atoms with E-state index < -0.39 is 0 Å². The Balaban J connectivity index is 1.65. The van der Waals surface area contributed by atoms with Crippen molar-refractivity contribution in [2.24, 2.45) is 11.1 Å². The van der Waals surface area contributed by atoms with Crippen molar-refractivity contribution >= 4 is 0 Å². The van der Waals surface area contributed by atoms with E-state index >= 15 is 0 Å². The van der Waals surface area contributed by atoms with E-state index in [2.05, 4.69) is 4.90 Å². The van der Waals surface area contributed by atoms with Crippen molar-refractivity contribution in [3.63, 3.8) is 0 Å². The third kappa shape index (κ3) is 3.69. The van der Waals surface area contributed by atoms with Gasteiger partial charge in [0.25, 0.3) is 0 Å². The number of hydrogen-bond acceptors (Lipinski definition) is 3. The van der Waals surface area contributed by atoms with Crippen LogP contribution in [0.5, 0.6) is 0 Å². The lowest BCUT2D eigenvalue weighted by Gasteiger charge is -2.39. The molecule has 1 aliphatic carbocycles. The molecule has 0 radical (unpaired) electrons. The molecule has 106 valence electrons. The van der Waals surface area contributed by atoms with Crippen molar-refractivity contribution < 1.29 is 5.11 Å². The Kier molecular flexibility index (Phi) is 4.68. The maximum absolute atomic E-state index is 9.13. The van der Waals surface area contributed by atoms with Gasteiger partial charge in [0.05, 0.1) is 6.61 Å². The first-order valence-electron chi connectivity index (χ1n) is 7.67. The van der Waals surface area contributed by atoms with Crippen LogP contribution in [0, 0.1) is 5.41 Å². The second-order valence-corrected chi connectivity index (χ2v) is 6.96. The zero-order chi connectivity index (χ0) is 13.1. The fourth-order valence-corrected chi connectivity index (χ4v) is 3.66. The van der Waals surface area contributed by atoms with Crippen LogP contribution in [0.2, 0.25) is 0 Å². The van der Waals surface area contributed by atoms with Gasteiger partial charge >= 0.3 is 0 Å². The molecule has 0 aromatic heterocycles. The van der Waals surface area contributed by atoms with Crippen LogP contribution in [0.3, 0.4) is 0 Å².